The second-order valence-corrected chi connectivity index (χ2v) is 9.36. The molecule has 0 aromatic heterocycles. The van der Waals surface area contributed by atoms with Crippen molar-refractivity contribution in [1.29, 1.82) is 0 Å². The molecule has 0 unspecified atom stereocenters. The summed E-state index contributed by atoms with van der Waals surface area (Å²) in [5.74, 6) is -0.264. The molecular formula is C23H22ClFN2O4S. The van der Waals surface area contributed by atoms with Gasteiger partial charge in [0.1, 0.15) is 11.6 Å². The molecule has 1 amide bonds. The fraction of sp³-hybridized carbons (Fsp3) is 0.174. The lowest BCUT2D eigenvalue weighted by atomic mass is 10.2. The topological polar surface area (TPSA) is 75.7 Å². The number of benzene rings is 3. The Labute approximate surface area is 191 Å². The Morgan fingerprint density at radius 1 is 1.03 bits per heavy atom. The quantitative estimate of drug-likeness (QED) is 0.503. The molecule has 3 aromatic carbocycles. The molecule has 1 N–H and O–H groups in total. The lowest BCUT2D eigenvalue weighted by Crippen LogP contribution is -2.29. The van der Waals surface area contributed by atoms with Crippen molar-refractivity contribution in [2.75, 3.05) is 17.2 Å². The summed E-state index contributed by atoms with van der Waals surface area (Å²) in [6, 6.07) is 19.2. The second kappa shape index (κ2) is 10.5. The minimum atomic E-state index is -3.56. The fourth-order valence-electron chi connectivity index (χ4n) is 2.89. The first kappa shape index (κ1) is 23.6. The standard InChI is InChI=1S/C23H22ClFN2O4S/c1-32(29,30)27(15-18-4-2-3-5-22(18)24)20-10-12-21(13-11-20)31-16-23(28)26-14-17-6-8-19(25)9-7-17/h2-13H,14-16H2,1H3,(H,26,28). The third-order valence-corrected chi connectivity index (χ3v) is 6.08. The van der Waals surface area contributed by atoms with Crippen molar-refractivity contribution in [3.63, 3.8) is 0 Å². The van der Waals surface area contributed by atoms with E-state index in [1.165, 1.54) is 16.4 Å². The molecule has 0 aliphatic carbocycles. The Hall–Kier alpha value is -3.10. The van der Waals surface area contributed by atoms with Gasteiger partial charge in [-0.2, -0.15) is 0 Å². The van der Waals surface area contributed by atoms with E-state index >= 15 is 0 Å². The van der Waals surface area contributed by atoms with Gasteiger partial charge in [-0.25, -0.2) is 12.8 Å². The summed E-state index contributed by atoms with van der Waals surface area (Å²) >= 11 is 6.18. The Kier molecular flexibility index (Phi) is 7.71. The predicted octanol–water partition coefficient (Wildman–Crippen LogP) is 4.14. The molecular weight excluding hydrogens is 455 g/mol. The highest BCUT2D eigenvalue weighted by Gasteiger charge is 2.19. The van der Waals surface area contributed by atoms with Crippen molar-refractivity contribution in [3.05, 3.63) is 94.8 Å². The summed E-state index contributed by atoms with van der Waals surface area (Å²) in [6.07, 6.45) is 1.12. The molecule has 0 aliphatic rings. The van der Waals surface area contributed by atoms with Crippen LogP contribution in [0.3, 0.4) is 0 Å². The summed E-state index contributed by atoms with van der Waals surface area (Å²) in [6.45, 7) is 0.132. The summed E-state index contributed by atoms with van der Waals surface area (Å²) in [5, 5.41) is 3.16. The maximum absolute atomic E-state index is 12.9. The number of hydrogen-bond acceptors (Lipinski definition) is 4. The van der Waals surface area contributed by atoms with Crippen LogP contribution in [0.15, 0.2) is 72.8 Å². The first-order chi connectivity index (χ1) is 15.2. The average molecular weight is 477 g/mol. The summed E-state index contributed by atoms with van der Waals surface area (Å²) in [4.78, 5) is 12.0. The number of ether oxygens (including phenoxy) is 1. The fourth-order valence-corrected chi connectivity index (χ4v) is 3.97. The van der Waals surface area contributed by atoms with Crippen LogP contribution in [0.2, 0.25) is 5.02 Å². The van der Waals surface area contributed by atoms with Crippen molar-refractivity contribution in [1.82, 2.24) is 5.32 Å². The van der Waals surface area contributed by atoms with Crippen LogP contribution in [0, 0.1) is 5.82 Å². The molecule has 0 saturated carbocycles. The van der Waals surface area contributed by atoms with Crippen molar-refractivity contribution in [2.24, 2.45) is 0 Å². The van der Waals surface area contributed by atoms with Gasteiger partial charge in [0.25, 0.3) is 5.91 Å². The van der Waals surface area contributed by atoms with Crippen molar-refractivity contribution < 1.29 is 22.3 Å². The predicted molar refractivity (Wildman–Crippen MR) is 123 cm³/mol. The zero-order chi connectivity index (χ0) is 23.1. The van der Waals surface area contributed by atoms with E-state index < -0.39 is 10.0 Å². The molecule has 0 saturated heterocycles. The minimum Gasteiger partial charge on any atom is -0.484 e. The van der Waals surface area contributed by atoms with Crippen LogP contribution in [0.5, 0.6) is 5.75 Å². The number of nitrogens with zero attached hydrogens (tertiary/aromatic N) is 1. The van der Waals surface area contributed by atoms with E-state index in [1.807, 2.05) is 0 Å². The zero-order valence-electron chi connectivity index (χ0n) is 17.3. The number of hydrogen-bond donors (Lipinski definition) is 1. The molecule has 9 heteroatoms. The molecule has 3 aromatic rings. The van der Waals surface area contributed by atoms with E-state index in [0.717, 1.165) is 11.8 Å². The van der Waals surface area contributed by atoms with Gasteiger partial charge in [0, 0.05) is 11.6 Å². The number of anilines is 1. The highest BCUT2D eigenvalue weighted by atomic mass is 35.5. The number of carbonyl (C=O) groups is 1. The molecule has 0 heterocycles. The number of carbonyl (C=O) groups excluding carboxylic acids is 1. The van der Waals surface area contributed by atoms with Crippen LogP contribution < -0.4 is 14.4 Å². The van der Waals surface area contributed by atoms with Crippen LogP contribution in [-0.4, -0.2) is 27.2 Å². The van der Waals surface area contributed by atoms with Crippen LogP contribution in [0.25, 0.3) is 0 Å². The van der Waals surface area contributed by atoms with E-state index in [0.29, 0.717) is 22.0 Å². The highest BCUT2D eigenvalue weighted by molar-refractivity contribution is 7.92. The highest BCUT2D eigenvalue weighted by Crippen LogP contribution is 2.26. The van der Waals surface area contributed by atoms with Gasteiger partial charge in [-0.1, -0.05) is 41.9 Å². The third kappa shape index (κ3) is 6.70. The maximum Gasteiger partial charge on any atom is 0.258 e. The Morgan fingerprint density at radius 2 is 1.69 bits per heavy atom. The molecule has 0 radical (unpaired) electrons. The molecule has 168 valence electrons. The van der Waals surface area contributed by atoms with Crippen molar-refractivity contribution in [2.45, 2.75) is 13.1 Å². The number of sulfonamides is 1. The van der Waals surface area contributed by atoms with Gasteiger partial charge in [-0.05, 0) is 53.6 Å². The number of rotatable bonds is 9. The normalized spacial score (nSPS) is 11.1. The monoisotopic (exact) mass is 476 g/mol. The SMILES string of the molecule is CS(=O)(=O)N(Cc1ccccc1Cl)c1ccc(OCC(=O)NCc2ccc(F)cc2)cc1. The van der Waals surface area contributed by atoms with Gasteiger partial charge >= 0.3 is 0 Å². The smallest absolute Gasteiger partial charge is 0.258 e. The molecule has 0 atom stereocenters. The first-order valence-electron chi connectivity index (χ1n) is 9.67. The van der Waals surface area contributed by atoms with Gasteiger partial charge in [0.05, 0.1) is 18.5 Å². The summed E-state index contributed by atoms with van der Waals surface area (Å²) in [7, 11) is -3.56. The molecule has 6 nitrogen and oxygen atoms in total. The van der Waals surface area contributed by atoms with Gasteiger partial charge in [0.2, 0.25) is 10.0 Å². The molecule has 0 bridgehead atoms. The first-order valence-corrected chi connectivity index (χ1v) is 11.9. The third-order valence-electron chi connectivity index (χ3n) is 4.57. The molecule has 32 heavy (non-hydrogen) atoms. The number of amides is 1. The van der Waals surface area contributed by atoms with E-state index in [9.17, 15) is 17.6 Å². The number of nitrogens with one attached hydrogen (secondary N) is 1. The zero-order valence-corrected chi connectivity index (χ0v) is 18.9. The largest absolute Gasteiger partial charge is 0.484 e. The summed E-state index contributed by atoms with van der Waals surface area (Å²) in [5.41, 5.74) is 1.89. The molecule has 0 aliphatic heterocycles. The average Bonchev–Trinajstić information content (AvgIpc) is 2.76. The van der Waals surface area contributed by atoms with Gasteiger partial charge in [-0.15, -0.1) is 0 Å². The lowest BCUT2D eigenvalue weighted by Gasteiger charge is -2.23. The van der Waals surface area contributed by atoms with Crippen LogP contribution >= 0.6 is 11.6 Å². The summed E-state index contributed by atoms with van der Waals surface area (Å²) < 4.78 is 44.3. The van der Waals surface area contributed by atoms with Crippen LogP contribution in [-0.2, 0) is 27.9 Å². The maximum atomic E-state index is 12.9. The van der Waals surface area contributed by atoms with E-state index in [2.05, 4.69) is 5.32 Å². The lowest BCUT2D eigenvalue weighted by molar-refractivity contribution is -0.123. The van der Waals surface area contributed by atoms with Crippen LogP contribution in [0.4, 0.5) is 10.1 Å². The van der Waals surface area contributed by atoms with Gasteiger partial charge < -0.3 is 10.1 Å². The minimum absolute atomic E-state index is 0.0878. The number of halogens is 2. The molecule has 0 spiro atoms. The van der Waals surface area contributed by atoms with Crippen molar-refractivity contribution in [3.8, 4) is 5.75 Å². The Bertz CT molecular complexity index is 1170. The Balaban J connectivity index is 1.59. The second-order valence-electron chi connectivity index (χ2n) is 7.05. The molecule has 0 fully saturated rings. The van der Waals surface area contributed by atoms with Crippen molar-refractivity contribution >= 4 is 33.2 Å². The van der Waals surface area contributed by atoms with E-state index in [4.69, 9.17) is 16.3 Å². The van der Waals surface area contributed by atoms with E-state index in [-0.39, 0.29) is 31.4 Å². The Morgan fingerprint density at radius 3 is 2.31 bits per heavy atom. The van der Waals surface area contributed by atoms with Gasteiger partial charge in [0.15, 0.2) is 6.61 Å². The van der Waals surface area contributed by atoms with Gasteiger partial charge in [-0.3, -0.25) is 9.10 Å². The molecule has 3 rings (SSSR count). The van der Waals surface area contributed by atoms with E-state index in [1.54, 1.807) is 60.7 Å². The van der Waals surface area contributed by atoms with Crippen LogP contribution in [0.1, 0.15) is 11.1 Å².